The summed E-state index contributed by atoms with van der Waals surface area (Å²) < 4.78 is 11.1. The summed E-state index contributed by atoms with van der Waals surface area (Å²) in [7, 11) is 0. The number of rotatable bonds is 3. The smallest absolute Gasteiger partial charge is 0.270 e. The van der Waals surface area contributed by atoms with Crippen LogP contribution >= 0.6 is 0 Å². The van der Waals surface area contributed by atoms with Gasteiger partial charge in [0.1, 0.15) is 11.8 Å². The summed E-state index contributed by atoms with van der Waals surface area (Å²) in [5.41, 5.74) is 1.25. The quantitative estimate of drug-likeness (QED) is 0.631. The molecule has 0 aromatic carbocycles. The van der Waals surface area contributed by atoms with Gasteiger partial charge in [0.05, 0.1) is 0 Å². The fourth-order valence-electron chi connectivity index (χ4n) is 2.60. The lowest BCUT2D eigenvalue weighted by molar-refractivity contribution is -0.111. The van der Waals surface area contributed by atoms with Gasteiger partial charge in [0.25, 0.3) is 5.78 Å². The highest BCUT2D eigenvalue weighted by atomic mass is 16.5. The van der Waals surface area contributed by atoms with E-state index in [1.165, 1.54) is 0 Å². The molecule has 1 atom stereocenters. The molecule has 1 aliphatic carbocycles. The van der Waals surface area contributed by atoms with E-state index in [4.69, 9.17) is 9.15 Å². The van der Waals surface area contributed by atoms with Crippen molar-refractivity contribution in [3.05, 3.63) is 35.6 Å². The first kappa shape index (κ1) is 13.9. The van der Waals surface area contributed by atoms with E-state index in [9.17, 15) is 9.59 Å². The van der Waals surface area contributed by atoms with Gasteiger partial charge in [-0.1, -0.05) is 26.0 Å². The first-order chi connectivity index (χ1) is 10.1. The molecule has 1 fully saturated rings. The molecule has 0 saturated carbocycles. The van der Waals surface area contributed by atoms with Crippen LogP contribution in [0.2, 0.25) is 0 Å². The van der Waals surface area contributed by atoms with E-state index in [1.807, 2.05) is 13.0 Å². The number of fused-ring (bicyclic) bond motifs is 1. The summed E-state index contributed by atoms with van der Waals surface area (Å²) in [6.45, 7) is 6.44. The van der Waals surface area contributed by atoms with Crippen LogP contribution in [0.1, 0.15) is 60.9 Å². The van der Waals surface area contributed by atoms with Crippen molar-refractivity contribution in [1.82, 2.24) is 4.98 Å². The molecule has 3 rings (SSSR count). The van der Waals surface area contributed by atoms with E-state index in [0.29, 0.717) is 23.8 Å². The van der Waals surface area contributed by atoms with Gasteiger partial charge in [-0.15, -0.1) is 0 Å². The molecule has 21 heavy (non-hydrogen) atoms. The first-order valence-electron chi connectivity index (χ1n) is 7.24. The van der Waals surface area contributed by atoms with Gasteiger partial charge in [-0.25, -0.2) is 4.98 Å². The molecule has 1 aromatic rings. The normalized spacial score (nSPS) is 24.0. The second-order valence-corrected chi connectivity index (χ2v) is 5.27. The van der Waals surface area contributed by atoms with Gasteiger partial charge in [0, 0.05) is 17.8 Å². The number of carbonyl (C=O) groups is 2. The predicted octanol–water partition coefficient (Wildman–Crippen LogP) is 3.03. The largest absolute Gasteiger partial charge is 0.433 e. The van der Waals surface area contributed by atoms with Crippen LogP contribution in [0.3, 0.4) is 0 Å². The molecule has 5 nitrogen and oxygen atoms in total. The molecule has 0 amide bonds. The van der Waals surface area contributed by atoms with Gasteiger partial charge >= 0.3 is 0 Å². The zero-order valence-electron chi connectivity index (χ0n) is 12.0. The average Bonchev–Trinajstić information content (AvgIpc) is 3.13. The zero-order chi connectivity index (χ0) is 15.0. The Morgan fingerprint density at radius 2 is 2.19 bits per heavy atom. The Morgan fingerprint density at radius 3 is 2.86 bits per heavy atom. The number of unbranched alkanes of at least 4 members (excludes halogenated alkanes) is 1. The lowest BCUT2D eigenvalue weighted by atomic mass is 9.89. The topological polar surface area (TPSA) is 69.4 Å². The summed E-state index contributed by atoms with van der Waals surface area (Å²) in [6.07, 6.45) is 5.15. The summed E-state index contributed by atoms with van der Waals surface area (Å²) >= 11 is 0. The molecule has 0 bridgehead atoms. The van der Waals surface area contributed by atoms with Crippen LogP contribution in [0.25, 0.3) is 5.57 Å². The van der Waals surface area contributed by atoms with E-state index >= 15 is 0 Å². The molecule has 1 unspecified atom stereocenters. The summed E-state index contributed by atoms with van der Waals surface area (Å²) in [5.74, 6) is -0.865. The lowest BCUT2D eigenvalue weighted by Crippen LogP contribution is -2.23. The van der Waals surface area contributed by atoms with E-state index in [-0.39, 0.29) is 17.4 Å². The van der Waals surface area contributed by atoms with Crippen LogP contribution in [-0.2, 0) is 9.53 Å². The van der Waals surface area contributed by atoms with Crippen LogP contribution in [-0.4, -0.2) is 23.2 Å². The minimum atomic E-state index is -0.666. The van der Waals surface area contributed by atoms with Gasteiger partial charge < -0.3 is 9.15 Å². The first-order valence-corrected chi connectivity index (χ1v) is 7.24. The zero-order valence-corrected chi connectivity index (χ0v) is 12.0. The van der Waals surface area contributed by atoms with E-state index in [0.717, 1.165) is 25.7 Å². The Labute approximate surface area is 122 Å². The fraction of sp³-hybridized carbons (Fsp3) is 0.438. The fourth-order valence-corrected chi connectivity index (χ4v) is 2.60. The number of ketones is 2. The average molecular weight is 287 g/mol. The Hall–Kier alpha value is -2.01. The number of aromatic nitrogens is 1. The van der Waals surface area contributed by atoms with Gasteiger partial charge in [-0.2, -0.15) is 0 Å². The number of carbonyl (C=O) groups excluding carboxylic acids is 2. The highest BCUT2D eigenvalue weighted by Gasteiger charge is 2.38. The molecule has 0 radical (unpaired) electrons. The number of ether oxygens (including phenoxy) is 1. The number of hydrogen-bond donors (Lipinski definition) is 0. The highest BCUT2D eigenvalue weighted by Crippen LogP contribution is 2.36. The Kier molecular flexibility index (Phi) is 3.59. The summed E-state index contributed by atoms with van der Waals surface area (Å²) in [6, 6.07) is 0. The number of oxazole rings is 1. The van der Waals surface area contributed by atoms with Gasteiger partial charge in [-0.3, -0.25) is 9.59 Å². The van der Waals surface area contributed by atoms with Crippen molar-refractivity contribution in [2.75, 3.05) is 6.61 Å². The number of allylic oxidation sites excluding steroid dienone is 3. The number of hydrogen-bond acceptors (Lipinski definition) is 5. The third-order valence-corrected chi connectivity index (χ3v) is 3.75. The maximum absolute atomic E-state index is 12.1. The standard InChI is InChI=1S/C16H17NO4/c1-3-4-6-10-9(2)13(18)14(19)15-12(10)17-16(21-15)11-7-5-8-20-11/h6,11H,2-5,7-8H2,1H3/b10-6+. The van der Waals surface area contributed by atoms with Crippen LogP contribution in [0.5, 0.6) is 0 Å². The summed E-state index contributed by atoms with van der Waals surface area (Å²) in [4.78, 5) is 28.5. The maximum atomic E-state index is 12.1. The van der Waals surface area contributed by atoms with Crippen molar-refractivity contribution in [2.24, 2.45) is 0 Å². The second kappa shape index (κ2) is 5.41. The molecule has 0 N–H and O–H groups in total. The van der Waals surface area contributed by atoms with Crippen LogP contribution in [0.4, 0.5) is 0 Å². The predicted molar refractivity (Wildman–Crippen MR) is 75.8 cm³/mol. The van der Waals surface area contributed by atoms with Gasteiger partial charge in [0.15, 0.2) is 0 Å². The lowest BCUT2D eigenvalue weighted by Gasteiger charge is -2.12. The molecule has 1 saturated heterocycles. The Morgan fingerprint density at radius 1 is 1.38 bits per heavy atom. The van der Waals surface area contributed by atoms with E-state index in [2.05, 4.69) is 11.6 Å². The van der Waals surface area contributed by atoms with Crippen molar-refractivity contribution in [3.8, 4) is 0 Å². The van der Waals surface area contributed by atoms with Crippen molar-refractivity contribution in [1.29, 1.82) is 0 Å². The minimum absolute atomic E-state index is 0.0280. The minimum Gasteiger partial charge on any atom is -0.433 e. The van der Waals surface area contributed by atoms with Crippen LogP contribution < -0.4 is 0 Å². The van der Waals surface area contributed by atoms with Crippen molar-refractivity contribution in [2.45, 2.75) is 38.7 Å². The molecule has 2 aliphatic rings. The molecule has 1 aromatic heterocycles. The SMILES string of the molecule is C=C1C(=O)C(=O)c2oc(C3CCCO3)nc2/C1=C/CCC. The van der Waals surface area contributed by atoms with Gasteiger partial charge in [-0.05, 0) is 19.3 Å². The molecular formula is C16H17NO4. The monoisotopic (exact) mass is 287 g/mol. The third-order valence-electron chi connectivity index (χ3n) is 3.75. The van der Waals surface area contributed by atoms with Crippen LogP contribution in [0.15, 0.2) is 22.6 Å². The molecule has 0 spiro atoms. The Bertz CT molecular complexity index is 647. The molecule has 110 valence electrons. The summed E-state index contributed by atoms with van der Waals surface area (Å²) in [5, 5.41) is 0. The van der Waals surface area contributed by atoms with Crippen LogP contribution in [0, 0.1) is 0 Å². The highest BCUT2D eigenvalue weighted by molar-refractivity contribution is 6.53. The Balaban J connectivity index is 2.07. The second-order valence-electron chi connectivity index (χ2n) is 5.27. The third kappa shape index (κ3) is 2.27. The molecule has 5 heteroatoms. The molecular weight excluding hydrogens is 270 g/mol. The van der Waals surface area contributed by atoms with Crippen molar-refractivity contribution < 1.29 is 18.7 Å². The van der Waals surface area contributed by atoms with E-state index < -0.39 is 11.6 Å². The molecule has 1 aliphatic heterocycles. The van der Waals surface area contributed by atoms with Crippen molar-refractivity contribution in [3.63, 3.8) is 0 Å². The maximum Gasteiger partial charge on any atom is 0.270 e. The van der Waals surface area contributed by atoms with Gasteiger partial charge in [0.2, 0.25) is 17.4 Å². The van der Waals surface area contributed by atoms with Crippen molar-refractivity contribution >= 4 is 17.1 Å². The van der Waals surface area contributed by atoms with E-state index in [1.54, 1.807) is 0 Å². The molecule has 2 heterocycles. The number of nitrogens with zero attached hydrogens (tertiary/aromatic N) is 1. The number of Topliss-reactive ketones (excluding diaryl/α,β-unsaturated/α-hetero) is 2.